The van der Waals surface area contributed by atoms with E-state index in [0.717, 1.165) is 22.9 Å². The number of nitrogens with one attached hydrogen (secondary N) is 1. The van der Waals surface area contributed by atoms with Crippen LogP contribution in [0.2, 0.25) is 0 Å². The molecule has 1 aromatic carbocycles. The number of amides is 2. The molecule has 0 radical (unpaired) electrons. The van der Waals surface area contributed by atoms with Gasteiger partial charge in [-0.15, -0.1) is 0 Å². The molecule has 5 nitrogen and oxygen atoms in total. The van der Waals surface area contributed by atoms with Crippen LogP contribution in [0.4, 0.5) is 4.79 Å². The fourth-order valence-electron chi connectivity index (χ4n) is 3.29. The van der Waals surface area contributed by atoms with E-state index in [4.69, 9.17) is 0 Å². The molecule has 118 valence electrons. The molecule has 1 aliphatic heterocycles. The van der Waals surface area contributed by atoms with Crippen LogP contribution in [0.15, 0.2) is 22.7 Å². The zero-order chi connectivity index (χ0) is 15.9. The summed E-state index contributed by atoms with van der Waals surface area (Å²) < 4.78 is 1.05. The van der Waals surface area contributed by atoms with Crippen LogP contribution in [-0.4, -0.2) is 35.1 Å². The Balaban J connectivity index is 1.66. The van der Waals surface area contributed by atoms with Crippen molar-refractivity contribution in [2.24, 2.45) is 5.41 Å². The van der Waals surface area contributed by atoms with Gasteiger partial charge in [-0.05, 0) is 49.4 Å². The van der Waals surface area contributed by atoms with Gasteiger partial charge in [0.05, 0.1) is 11.5 Å². The number of carbonyl (C=O) groups excluding carboxylic acids is 1. The molecule has 2 N–H and O–H groups in total. The van der Waals surface area contributed by atoms with Crippen molar-refractivity contribution in [3.05, 3.63) is 33.8 Å². The number of hydrogen-bond acceptors (Lipinski definition) is 2. The molecule has 2 aliphatic rings. The second-order valence-corrected chi connectivity index (χ2v) is 7.34. The third kappa shape index (κ3) is 2.72. The molecule has 0 aromatic heterocycles. The number of fused-ring (bicyclic) bond motifs is 1. The Morgan fingerprint density at radius 1 is 1.45 bits per heavy atom. The Morgan fingerprint density at radius 3 is 2.91 bits per heavy atom. The molecule has 0 saturated carbocycles. The normalized spacial score (nSPS) is 26.8. The Bertz CT molecular complexity index is 634. The lowest BCUT2D eigenvalue weighted by Crippen LogP contribution is -2.42. The number of hydrogen-bond donors (Lipinski definition) is 2. The number of likely N-dealkylation sites (tertiary alicyclic amines) is 1. The predicted molar refractivity (Wildman–Crippen MR) is 85.7 cm³/mol. The van der Waals surface area contributed by atoms with E-state index in [1.54, 1.807) is 11.8 Å². The number of aliphatic carboxylic acids is 1. The summed E-state index contributed by atoms with van der Waals surface area (Å²) in [5, 5.41) is 12.3. The average molecular weight is 367 g/mol. The molecule has 1 aromatic rings. The van der Waals surface area contributed by atoms with Crippen LogP contribution in [0, 0.1) is 5.41 Å². The smallest absolute Gasteiger partial charge is 0.317 e. The first-order chi connectivity index (χ1) is 10.4. The Morgan fingerprint density at radius 2 is 2.23 bits per heavy atom. The van der Waals surface area contributed by atoms with Crippen LogP contribution >= 0.6 is 15.9 Å². The number of benzene rings is 1. The summed E-state index contributed by atoms with van der Waals surface area (Å²) in [6.07, 6.45) is 2.35. The van der Waals surface area contributed by atoms with Gasteiger partial charge >= 0.3 is 12.0 Å². The molecule has 1 heterocycles. The second-order valence-electron chi connectivity index (χ2n) is 6.42. The van der Waals surface area contributed by atoms with E-state index in [2.05, 4.69) is 27.3 Å². The standard InChI is InChI=1S/C16H19BrN2O3/c1-16(14(20)21)6-7-19(9-16)15(22)18-13-5-2-10-8-11(17)3-4-12(10)13/h3-4,8,13H,2,5-7,9H2,1H3,(H,18,22)(H,20,21). The Kier molecular flexibility index (Phi) is 3.89. The lowest BCUT2D eigenvalue weighted by atomic mass is 9.90. The highest BCUT2D eigenvalue weighted by molar-refractivity contribution is 9.10. The van der Waals surface area contributed by atoms with Gasteiger partial charge in [-0.1, -0.05) is 22.0 Å². The molecular weight excluding hydrogens is 348 g/mol. The summed E-state index contributed by atoms with van der Waals surface area (Å²) in [4.78, 5) is 25.3. The number of urea groups is 1. The summed E-state index contributed by atoms with van der Waals surface area (Å²) in [6, 6.07) is 5.99. The molecule has 2 atom stereocenters. The third-order valence-corrected chi connectivity index (χ3v) is 5.25. The van der Waals surface area contributed by atoms with Gasteiger partial charge in [-0.3, -0.25) is 4.79 Å². The maximum absolute atomic E-state index is 12.4. The Hall–Kier alpha value is -1.56. The van der Waals surface area contributed by atoms with Crippen LogP contribution in [0.25, 0.3) is 0 Å². The molecule has 0 bridgehead atoms. The quantitative estimate of drug-likeness (QED) is 0.845. The molecule has 6 heteroatoms. The zero-order valence-electron chi connectivity index (χ0n) is 12.4. The molecule has 2 amide bonds. The summed E-state index contributed by atoms with van der Waals surface area (Å²) in [5.41, 5.74) is 1.60. The van der Waals surface area contributed by atoms with E-state index in [1.807, 2.05) is 12.1 Å². The first kappa shape index (κ1) is 15.3. The monoisotopic (exact) mass is 366 g/mol. The SMILES string of the molecule is CC1(C(=O)O)CCN(C(=O)NC2CCc3cc(Br)ccc32)C1. The minimum atomic E-state index is -0.834. The van der Waals surface area contributed by atoms with E-state index in [0.29, 0.717) is 13.0 Å². The van der Waals surface area contributed by atoms with Crippen molar-refractivity contribution in [3.63, 3.8) is 0 Å². The number of aryl methyl sites for hydroxylation is 1. The van der Waals surface area contributed by atoms with Crippen LogP contribution in [0.3, 0.4) is 0 Å². The Labute approximate surface area is 137 Å². The molecule has 22 heavy (non-hydrogen) atoms. The first-order valence-electron chi connectivity index (χ1n) is 7.46. The third-order valence-electron chi connectivity index (χ3n) is 4.76. The molecule has 1 aliphatic carbocycles. The predicted octanol–water partition coefficient (Wildman–Crippen LogP) is 2.94. The summed E-state index contributed by atoms with van der Waals surface area (Å²) in [7, 11) is 0. The van der Waals surface area contributed by atoms with Crippen LogP contribution in [0.5, 0.6) is 0 Å². The number of carbonyl (C=O) groups is 2. The highest BCUT2D eigenvalue weighted by atomic mass is 79.9. The van der Waals surface area contributed by atoms with Crippen molar-refractivity contribution in [3.8, 4) is 0 Å². The van der Waals surface area contributed by atoms with Gasteiger partial charge in [0.2, 0.25) is 0 Å². The van der Waals surface area contributed by atoms with Crippen LogP contribution in [0.1, 0.15) is 36.9 Å². The maximum Gasteiger partial charge on any atom is 0.317 e. The summed E-state index contributed by atoms with van der Waals surface area (Å²) in [6.45, 7) is 2.47. The van der Waals surface area contributed by atoms with Crippen molar-refractivity contribution in [1.82, 2.24) is 10.2 Å². The highest BCUT2D eigenvalue weighted by Crippen LogP contribution is 2.34. The van der Waals surface area contributed by atoms with Gasteiger partial charge in [-0.2, -0.15) is 0 Å². The van der Waals surface area contributed by atoms with Crippen molar-refractivity contribution < 1.29 is 14.7 Å². The second kappa shape index (κ2) is 5.57. The van der Waals surface area contributed by atoms with Crippen molar-refractivity contribution in [2.75, 3.05) is 13.1 Å². The topological polar surface area (TPSA) is 69.6 Å². The molecule has 0 spiro atoms. The average Bonchev–Trinajstić information content (AvgIpc) is 3.04. The lowest BCUT2D eigenvalue weighted by Gasteiger charge is -2.23. The number of rotatable bonds is 2. The minimum absolute atomic E-state index is 0.0206. The van der Waals surface area contributed by atoms with Gasteiger partial charge in [0.1, 0.15) is 0 Å². The summed E-state index contributed by atoms with van der Waals surface area (Å²) >= 11 is 3.46. The van der Waals surface area contributed by atoms with Gasteiger partial charge < -0.3 is 15.3 Å². The van der Waals surface area contributed by atoms with Crippen molar-refractivity contribution >= 4 is 27.9 Å². The maximum atomic E-state index is 12.4. The fraction of sp³-hybridized carbons (Fsp3) is 0.500. The molecular formula is C16H19BrN2O3. The van der Waals surface area contributed by atoms with Gasteiger partial charge in [-0.25, -0.2) is 4.79 Å². The van der Waals surface area contributed by atoms with E-state index in [9.17, 15) is 14.7 Å². The first-order valence-corrected chi connectivity index (χ1v) is 8.25. The molecule has 3 rings (SSSR count). The molecule has 1 fully saturated rings. The van der Waals surface area contributed by atoms with Crippen molar-refractivity contribution in [1.29, 1.82) is 0 Å². The molecule has 2 unspecified atom stereocenters. The molecule has 1 saturated heterocycles. The summed E-state index contributed by atoms with van der Waals surface area (Å²) in [5.74, 6) is -0.834. The van der Waals surface area contributed by atoms with Gasteiger partial charge in [0, 0.05) is 17.6 Å². The van der Waals surface area contributed by atoms with E-state index < -0.39 is 11.4 Å². The number of carboxylic acids is 1. The minimum Gasteiger partial charge on any atom is -0.481 e. The van der Waals surface area contributed by atoms with E-state index >= 15 is 0 Å². The lowest BCUT2D eigenvalue weighted by molar-refractivity contribution is -0.146. The van der Waals surface area contributed by atoms with Gasteiger partial charge in [0.25, 0.3) is 0 Å². The van der Waals surface area contributed by atoms with E-state index in [-0.39, 0.29) is 18.6 Å². The number of nitrogens with zero attached hydrogens (tertiary/aromatic N) is 1. The fourth-order valence-corrected chi connectivity index (χ4v) is 3.69. The number of carboxylic acid groups (broad SMARTS) is 1. The van der Waals surface area contributed by atoms with E-state index in [1.165, 1.54) is 5.56 Å². The van der Waals surface area contributed by atoms with Gasteiger partial charge in [0.15, 0.2) is 0 Å². The largest absolute Gasteiger partial charge is 0.481 e. The highest BCUT2D eigenvalue weighted by Gasteiger charge is 2.42. The number of halogens is 1. The van der Waals surface area contributed by atoms with Crippen molar-refractivity contribution in [2.45, 2.75) is 32.2 Å². The van der Waals surface area contributed by atoms with Crippen LogP contribution in [-0.2, 0) is 11.2 Å². The van der Waals surface area contributed by atoms with Crippen LogP contribution < -0.4 is 5.32 Å². The zero-order valence-corrected chi connectivity index (χ0v) is 14.0.